The summed E-state index contributed by atoms with van der Waals surface area (Å²) in [7, 11) is 0. The Bertz CT molecular complexity index is 319. The van der Waals surface area contributed by atoms with Crippen LogP contribution in [0.25, 0.3) is 0 Å². The molecule has 2 unspecified atom stereocenters. The molecule has 0 bridgehead atoms. The average Bonchev–Trinajstić information content (AvgIpc) is 2.96. The zero-order valence-electron chi connectivity index (χ0n) is 10.5. The topological polar surface area (TPSA) is 29.1 Å². The Balaban J connectivity index is 1.83. The summed E-state index contributed by atoms with van der Waals surface area (Å²) in [6.45, 7) is 4.46. The van der Waals surface area contributed by atoms with Gasteiger partial charge in [0.15, 0.2) is 0 Å². The monoisotopic (exact) mass is 221 g/mol. The number of hydrogen-bond acceptors (Lipinski definition) is 1. The van der Waals surface area contributed by atoms with E-state index in [9.17, 15) is 4.79 Å². The molecule has 0 aromatic heterocycles. The lowest BCUT2D eigenvalue weighted by Gasteiger charge is -2.46. The smallest absolute Gasteiger partial charge is 0.221 e. The molecule has 90 valence electrons. The second-order valence-electron chi connectivity index (χ2n) is 6.82. The summed E-state index contributed by atoms with van der Waals surface area (Å²) in [6.07, 6.45) is 8.97. The number of carbonyl (C=O) groups excluding carboxylic acids is 1. The van der Waals surface area contributed by atoms with E-state index < -0.39 is 0 Å². The lowest BCUT2D eigenvalue weighted by molar-refractivity contribution is -0.120. The van der Waals surface area contributed by atoms with Crippen molar-refractivity contribution in [2.75, 3.05) is 0 Å². The van der Waals surface area contributed by atoms with Gasteiger partial charge in [-0.15, -0.1) is 0 Å². The molecule has 0 radical (unpaired) electrons. The van der Waals surface area contributed by atoms with E-state index in [1.54, 1.807) is 0 Å². The van der Waals surface area contributed by atoms with Crippen molar-refractivity contribution in [2.45, 2.75) is 64.3 Å². The molecular formula is C14H23NO. The predicted octanol–water partition coefficient (Wildman–Crippen LogP) is 2.87. The van der Waals surface area contributed by atoms with Crippen molar-refractivity contribution < 1.29 is 4.79 Å². The first kappa shape index (κ1) is 10.6. The lowest BCUT2D eigenvalue weighted by atomic mass is 9.60. The van der Waals surface area contributed by atoms with Crippen LogP contribution in [-0.4, -0.2) is 11.4 Å². The van der Waals surface area contributed by atoms with Gasteiger partial charge in [-0.25, -0.2) is 0 Å². The van der Waals surface area contributed by atoms with Gasteiger partial charge >= 0.3 is 0 Å². The van der Waals surface area contributed by atoms with Crippen LogP contribution in [0.3, 0.4) is 0 Å². The van der Waals surface area contributed by atoms with Crippen LogP contribution in [0.15, 0.2) is 0 Å². The van der Waals surface area contributed by atoms with Crippen LogP contribution in [0.2, 0.25) is 0 Å². The third-order valence-corrected chi connectivity index (χ3v) is 5.45. The molecule has 16 heavy (non-hydrogen) atoms. The minimum absolute atomic E-state index is 0.0254. The summed E-state index contributed by atoms with van der Waals surface area (Å²) < 4.78 is 0. The molecule has 3 fully saturated rings. The first-order chi connectivity index (χ1) is 7.52. The van der Waals surface area contributed by atoms with Gasteiger partial charge in [-0.3, -0.25) is 4.79 Å². The van der Waals surface area contributed by atoms with Crippen molar-refractivity contribution in [2.24, 2.45) is 17.3 Å². The number of carbonyl (C=O) groups is 1. The summed E-state index contributed by atoms with van der Waals surface area (Å²) >= 11 is 0. The molecular weight excluding hydrogens is 198 g/mol. The summed E-state index contributed by atoms with van der Waals surface area (Å²) in [5, 5.41) is 3.19. The van der Waals surface area contributed by atoms with Crippen LogP contribution in [0.4, 0.5) is 0 Å². The van der Waals surface area contributed by atoms with Crippen LogP contribution in [-0.2, 0) is 4.79 Å². The summed E-state index contributed by atoms with van der Waals surface area (Å²) in [5.41, 5.74) is 0.299. The quantitative estimate of drug-likeness (QED) is 0.725. The highest BCUT2D eigenvalue weighted by atomic mass is 16.2. The minimum Gasteiger partial charge on any atom is -0.351 e. The van der Waals surface area contributed by atoms with Crippen molar-refractivity contribution in [3.05, 3.63) is 0 Å². The maximum absolute atomic E-state index is 11.7. The molecule has 3 rings (SSSR count). The van der Waals surface area contributed by atoms with E-state index in [0.717, 1.165) is 18.3 Å². The Kier molecular flexibility index (Phi) is 2.15. The molecule has 1 amide bonds. The minimum atomic E-state index is 0.0254. The Labute approximate surface area is 98.2 Å². The van der Waals surface area contributed by atoms with E-state index in [2.05, 4.69) is 19.2 Å². The Morgan fingerprint density at radius 2 is 1.94 bits per heavy atom. The zero-order valence-corrected chi connectivity index (χ0v) is 10.5. The molecule has 2 nitrogen and oxygen atoms in total. The van der Waals surface area contributed by atoms with E-state index in [1.807, 2.05) is 0 Å². The fourth-order valence-electron chi connectivity index (χ4n) is 4.16. The molecule has 2 atom stereocenters. The van der Waals surface area contributed by atoms with Crippen LogP contribution in [0.1, 0.15) is 58.8 Å². The number of hydrogen-bond donors (Lipinski definition) is 1. The van der Waals surface area contributed by atoms with Gasteiger partial charge in [0.25, 0.3) is 0 Å². The van der Waals surface area contributed by atoms with Crippen LogP contribution in [0, 0.1) is 17.3 Å². The number of amides is 1. The van der Waals surface area contributed by atoms with Gasteiger partial charge in [-0.1, -0.05) is 12.8 Å². The molecule has 1 aliphatic heterocycles. The van der Waals surface area contributed by atoms with Crippen LogP contribution < -0.4 is 5.32 Å². The molecule has 1 saturated heterocycles. The number of rotatable bonds is 1. The molecule has 2 aliphatic carbocycles. The summed E-state index contributed by atoms with van der Waals surface area (Å²) in [5.74, 6) is 2.20. The van der Waals surface area contributed by atoms with Crippen molar-refractivity contribution >= 4 is 5.91 Å². The van der Waals surface area contributed by atoms with Crippen LogP contribution in [0.5, 0.6) is 0 Å². The molecule has 0 aromatic carbocycles. The van der Waals surface area contributed by atoms with Crippen molar-refractivity contribution in [3.63, 3.8) is 0 Å². The van der Waals surface area contributed by atoms with Crippen molar-refractivity contribution in [1.29, 1.82) is 0 Å². The van der Waals surface area contributed by atoms with E-state index in [0.29, 0.717) is 0 Å². The Hall–Kier alpha value is -0.530. The van der Waals surface area contributed by atoms with Gasteiger partial charge < -0.3 is 5.32 Å². The molecule has 1 spiro atoms. The fourth-order valence-corrected chi connectivity index (χ4v) is 4.16. The third kappa shape index (κ3) is 1.49. The van der Waals surface area contributed by atoms with Gasteiger partial charge in [-0.2, -0.15) is 0 Å². The first-order valence-corrected chi connectivity index (χ1v) is 6.83. The molecule has 3 aliphatic rings. The number of nitrogens with one attached hydrogen (secondary N) is 1. The average molecular weight is 221 g/mol. The molecule has 2 heteroatoms. The van der Waals surface area contributed by atoms with E-state index >= 15 is 0 Å². The van der Waals surface area contributed by atoms with Crippen molar-refractivity contribution in [1.82, 2.24) is 5.32 Å². The van der Waals surface area contributed by atoms with Gasteiger partial charge in [-0.05, 0) is 51.4 Å². The molecule has 0 aromatic rings. The second-order valence-corrected chi connectivity index (χ2v) is 6.82. The highest BCUT2D eigenvalue weighted by Gasteiger charge is 2.55. The molecule has 1 heterocycles. The SMILES string of the molecule is CC1(C)NC(=O)CC12CCCC(C1CC1)C2. The maximum atomic E-state index is 11.7. The van der Waals surface area contributed by atoms with Crippen LogP contribution >= 0.6 is 0 Å². The standard InChI is InChI=1S/C14H23NO/c1-13(2)14(9-12(16)15-13)7-3-4-11(8-14)10-5-6-10/h10-11H,3-9H2,1-2H3,(H,15,16). The van der Waals surface area contributed by atoms with Crippen molar-refractivity contribution in [3.8, 4) is 0 Å². The van der Waals surface area contributed by atoms with Gasteiger partial charge in [0.1, 0.15) is 0 Å². The lowest BCUT2D eigenvalue weighted by Crippen LogP contribution is -2.49. The maximum Gasteiger partial charge on any atom is 0.221 e. The van der Waals surface area contributed by atoms with Gasteiger partial charge in [0.05, 0.1) is 0 Å². The predicted molar refractivity (Wildman–Crippen MR) is 64.0 cm³/mol. The van der Waals surface area contributed by atoms with Gasteiger partial charge in [0.2, 0.25) is 5.91 Å². The summed E-state index contributed by atoms with van der Waals surface area (Å²) in [4.78, 5) is 11.7. The molecule has 1 N–H and O–H groups in total. The fraction of sp³-hybridized carbons (Fsp3) is 0.929. The zero-order chi connectivity index (χ0) is 11.4. The second kappa shape index (κ2) is 3.24. The first-order valence-electron chi connectivity index (χ1n) is 6.83. The Morgan fingerprint density at radius 3 is 2.50 bits per heavy atom. The summed E-state index contributed by atoms with van der Waals surface area (Å²) in [6, 6.07) is 0. The van der Waals surface area contributed by atoms with Gasteiger partial charge in [0, 0.05) is 17.4 Å². The highest BCUT2D eigenvalue weighted by molar-refractivity contribution is 5.80. The molecule has 2 saturated carbocycles. The van der Waals surface area contributed by atoms with E-state index in [1.165, 1.54) is 38.5 Å². The van der Waals surface area contributed by atoms with E-state index in [-0.39, 0.29) is 16.9 Å². The highest BCUT2D eigenvalue weighted by Crippen LogP contribution is 2.56. The van der Waals surface area contributed by atoms with E-state index in [4.69, 9.17) is 0 Å². The normalized spacial score (nSPS) is 42.4. The third-order valence-electron chi connectivity index (χ3n) is 5.45. The largest absolute Gasteiger partial charge is 0.351 e. The Morgan fingerprint density at radius 1 is 1.19 bits per heavy atom.